The first-order valence-electron chi connectivity index (χ1n) is 10.6. The third kappa shape index (κ3) is 6.46. The average Bonchev–Trinajstić information content (AvgIpc) is 3.39. The summed E-state index contributed by atoms with van der Waals surface area (Å²) in [5.41, 5.74) is 1.63. The summed E-state index contributed by atoms with van der Waals surface area (Å²) < 4.78 is 31.9. The number of fused-ring (bicyclic) bond motifs is 1. The number of carbonyl (C=O) groups is 2. The second-order valence-corrected chi connectivity index (χ2v) is 8.08. The van der Waals surface area contributed by atoms with Crippen LogP contribution in [0.1, 0.15) is 25.3 Å². The lowest BCUT2D eigenvalue weighted by Gasteiger charge is -2.20. The predicted molar refractivity (Wildman–Crippen MR) is 139 cm³/mol. The summed E-state index contributed by atoms with van der Waals surface area (Å²) in [6, 6.07) is 7.67. The van der Waals surface area contributed by atoms with Crippen molar-refractivity contribution in [3.63, 3.8) is 0 Å². The van der Waals surface area contributed by atoms with E-state index in [1.54, 1.807) is 23.1 Å². The zero-order chi connectivity index (χ0) is 23.5. The summed E-state index contributed by atoms with van der Waals surface area (Å²) >= 11 is 0. The van der Waals surface area contributed by atoms with Crippen LogP contribution in [0.3, 0.4) is 0 Å². The molecule has 186 valence electrons. The van der Waals surface area contributed by atoms with Crippen LogP contribution in [0.25, 0.3) is 15.7 Å². The minimum atomic E-state index is -0.890. The number of benzene rings is 2. The van der Waals surface area contributed by atoms with Gasteiger partial charge in [-0.15, -0.1) is 0 Å². The van der Waals surface area contributed by atoms with Gasteiger partial charge >= 0.3 is 12.3 Å². The van der Waals surface area contributed by atoms with Crippen molar-refractivity contribution in [3.05, 3.63) is 71.2 Å². The molecular formula is C24H26F2N4O3S2. The highest BCUT2D eigenvalue weighted by molar-refractivity contribution is 7.59. The number of aromatic nitrogens is 1. The molecule has 2 heterocycles. The van der Waals surface area contributed by atoms with Crippen LogP contribution in [0.15, 0.2) is 42.6 Å². The lowest BCUT2D eigenvalue weighted by atomic mass is 9.99. The van der Waals surface area contributed by atoms with Crippen LogP contribution in [0.2, 0.25) is 0 Å². The third-order valence-electron chi connectivity index (χ3n) is 5.66. The van der Waals surface area contributed by atoms with Gasteiger partial charge in [0.1, 0.15) is 17.4 Å². The van der Waals surface area contributed by atoms with Gasteiger partial charge in [0, 0.05) is 47.7 Å². The van der Waals surface area contributed by atoms with Crippen molar-refractivity contribution in [2.24, 2.45) is 5.92 Å². The van der Waals surface area contributed by atoms with Crippen LogP contribution in [-0.2, 0) is 11.2 Å². The van der Waals surface area contributed by atoms with Crippen molar-refractivity contribution in [1.82, 2.24) is 9.88 Å². The number of carbonyl (C=O) groups excluding carboxylic acids is 2. The van der Waals surface area contributed by atoms with Crippen LogP contribution >= 0.6 is 27.0 Å². The minimum absolute atomic E-state index is 0. The molecule has 1 aromatic heterocycles. The quantitative estimate of drug-likeness (QED) is 0.447. The molecule has 0 bridgehead atoms. The number of hydrogen-bond donors (Lipinski definition) is 2. The van der Waals surface area contributed by atoms with Gasteiger partial charge < -0.3 is 9.72 Å². The lowest BCUT2D eigenvalue weighted by Crippen LogP contribution is -2.38. The maximum atomic E-state index is 13.3. The summed E-state index contributed by atoms with van der Waals surface area (Å²) in [5, 5.41) is 3.08. The van der Waals surface area contributed by atoms with Gasteiger partial charge in [0.2, 0.25) is 5.91 Å². The van der Waals surface area contributed by atoms with Gasteiger partial charge in [0.05, 0.1) is 0 Å². The number of likely N-dealkylation sites (tertiary alicyclic amines) is 1. The molecule has 0 aliphatic carbocycles. The second-order valence-electron chi connectivity index (χ2n) is 8.08. The normalized spacial score (nSPS) is 15.5. The molecule has 4 rings (SSSR count). The van der Waals surface area contributed by atoms with Crippen LogP contribution in [0, 0.1) is 24.1 Å². The standard InChI is InChI=1S/C24H22F2N4O3.2H2S/c1-14(23(31)30-7-3-4-22(30)27-2)8-15-13-28-21-6-5-19(12-20(15)21)33-24(32)29-18-10-16(25)9-17(26)11-18;;/h5-6,9-14,22,28H,3-4,7-8H2,1H3,(H,29,32);2*1H2/t14-,22-;;/m0../s1. The fourth-order valence-corrected chi connectivity index (χ4v) is 4.11. The highest BCUT2D eigenvalue weighted by atomic mass is 32.1. The fourth-order valence-electron chi connectivity index (χ4n) is 4.11. The largest absolute Gasteiger partial charge is 0.417 e. The van der Waals surface area contributed by atoms with Gasteiger partial charge in [-0.05, 0) is 48.7 Å². The van der Waals surface area contributed by atoms with E-state index in [1.807, 2.05) is 13.1 Å². The maximum Gasteiger partial charge on any atom is 0.417 e. The molecular weight excluding hydrogens is 494 g/mol. The molecule has 1 aliphatic heterocycles. The van der Waals surface area contributed by atoms with Crippen molar-refractivity contribution in [3.8, 4) is 5.75 Å². The van der Waals surface area contributed by atoms with Crippen molar-refractivity contribution in [2.75, 3.05) is 11.9 Å². The SMILES string of the molecule is S.S.[C-]#[N+][C@@H]1CCCN1C(=O)[C@@H](C)Cc1c[nH]c2ccc(OC(=O)Nc3cc(F)cc(F)c3)cc12. The molecule has 3 aromatic rings. The average molecular weight is 521 g/mol. The molecule has 2 aromatic carbocycles. The Hall–Kier alpha value is -3.23. The van der Waals surface area contributed by atoms with Gasteiger partial charge in [-0.2, -0.15) is 27.0 Å². The molecule has 0 saturated carbocycles. The zero-order valence-electron chi connectivity index (χ0n) is 18.9. The zero-order valence-corrected chi connectivity index (χ0v) is 20.9. The highest BCUT2D eigenvalue weighted by Crippen LogP contribution is 2.28. The number of H-pyrrole nitrogens is 1. The van der Waals surface area contributed by atoms with E-state index in [0.717, 1.165) is 35.0 Å². The molecule has 0 unspecified atom stereocenters. The van der Waals surface area contributed by atoms with E-state index in [4.69, 9.17) is 11.3 Å². The van der Waals surface area contributed by atoms with Gasteiger partial charge in [-0.1, -0.05) is 6.92 Å². The number of aromatic amines is 1. The second kappa shape index (κ2) is 12.0. The summed E-state index contributed by atoms with van der Waals surface area (Å²) in [4.78, 5) is 33.4. The molecule has 2 N–H and O–H groups in total. The molecule has 1 fully saturated rings. The molecule has 2 atom stereocenters. The molecule has 7 nitrogen and oxygen atoms in total. The summed E-state index contributed by atoms with van der Waals surface area (Å²) in [6.07, 6.45) is 2.54. The smallest absolute Gasteiger partial charge is 0.410 e. The van der Waals surface area contributed by atoms with Crippen molar-refractivity contribution < 1.29 is 23.1 Å². The number of nitrogens with one attached hydrogen (secondary N) is 2. The Bertz CT molecular complexity index is 1240. The monoisotopic (exact) mass is 520 g/mol. The lowest BCUT2D eigenvalue weighted by molar-refractivity contribution is -0.135. The van der Waals surface area contributed by atoms with E-state index in [9.17, 15) is 18.4 Å². The van der Waals surface area contributed by atoms with Gasteiger partial charge in [0.25, 0.3) is 0 Å². The Morgan fingerprint density at radius 1 is 1.23 bits per heavy atom. The molecule has 2 amide bonds. The van der Waals surface area contributed by atoms with E-state index < -0.39 is 17.7 Å². The topological polar surface area (TPSA) is 78.8 Å². The minimum Gasteiger partial charge on any atom is -0.410 e. The first-order chi connectivity index (χ1) is 15.8. The van der Waals surface area contributed by atoms with Crippen LogP contribution < -0.4 is 10.1 Å². The Kier molecular flexibility index (Phi) is 9.56. The van der Waals surface area contributed by atoms with Crippen LogP contribution in [-0.4, -0.2) is 34.6 Å². The number of rotatable bonds is 5. The third-order valence-corrected chi connectivity index (χ3v) is 5.66. The summed E-state index contributed by atoms with van der Waals surface area (Å²) in [6.45, 7) is 9.73. The molecule has 35 heavy (non-hydrogen) atoms. The van der Waals surface area contributed by atoms with Gasteiger partial charge in [0.15, 0.2) is 0 Å². The Balaban J connectivity index is 0.00000216. The summed E-state index contributed by atoms with van der Waals surface area (Å²) in [5.74, 6) is -1.75. The first kappa shape index (κ1) is 28.0. The van der Waals surface area contributed by atoms with E-state index >= 15 is 0 Å². The van der Waals surface area contributed by atoms with Gasteiger partial charge in [-0.25, -0.2) is 20.1 Å². The number of halogens is 2. The molecule has 11 heteroatoms. The molecule has 0 radical (unpaired) electrons. The van der Waals surface area contributed by atoms with E-state index in [2.05, 4.69) is 15.1 Å². The Labute approximate surface area is 215 Å². The van der Waals surface area contributed by atoms with Crippen LogP contribution in [0.5, 0.6) is 5.75 Å². The van der Waals surface area contributed by atoms with Gasteiger partial charge in [-0.3, -0.25) is 19.9 Å². The fraction of sp³-hybridized carbons (Fsp3) is 0.292. The first-order valence-corrected chi connectivity index (χ1v) is 10.6. The number of ether oxygens (including phenoxy) is 1. The number of anilines is 1. The van der Waals surface area contributed by atoms with Crippen molar-refractivity contribution >= 4 is 55.6 Å². The number of hydrogen-bond acceptors (Lipinski definition) is 3. The molecule has 0 spiro atoms. The predicted octanol–water partition coefficient (Wildman–Crippen LogP) is 5.33. The maximum absolute atomic E-state index is 13.3. The van der Waals surface area contributed by atoms with E-state index in [0.29, 0.717) is 25.5 Å². The Morgan fingerprint density at radius 2 is 1.94 bits per heavy atom. The van der Waals surface area contributed by atoms with E-state index in [1.165, 1.54) is 0 Å². The van der Waals surface area contributed by atoms with Crippen molar-refractivity contribution in [2.45, 2.75) is 32.4 Å². The number of amides is 2. The summed E-state index contributed by atoms with van der Waals surface area (Å²) in [7, 11) is 0. The number of nitrogens with zero attached hydrogens (tertiary/aromatic N) is 2. The highest BCUT2D eigenvalue weighted by Gasteiger charge is 2.35. The van der Waals surface area contributed by atoms with Crippen LogP contribution in [0.4, 0.5) is 19.3 Å². The van der Waals surface area contributed by atoms with Crippen molar-refractivity contribution in [1.29, 1.82) is 0 Å². The van der Waals surface area contributed by atoms with E-state index in [-0.39, 0.29) is 56.4 Å². The Morgan fingerprint density at radius 3 is 2.63 bits per heavy atom. The molecule has 1 aliphatic rings. The molecule has 1 saturated heterocycles.